The van der Waals surface area contributed by atoms with Gasteiger partial charge in [0.2, 0.25) is 11.8 Å². The van der Waals surface area contributed by atoms with Crippen LogP contribution in [-0.2, 0) is 14.3 Å². The molecule has 1 atom stereocenters. The first-order valence-corrected chi connectivity index (χ1v) is 16.5. The lowest BCUT2D eigenvalue weighted by atomic mass is 10.1. The SMILES string of the molecule is CCCCOC(=O)c1cccc(-c2nc(OC3CCCC3)cc(C(=O)NC(CC)C(=O)N3CCN(C(=O)OCC(C)C)CC3)n2)c1. The van der Waals surface area contributed by atoms with Crippen LogP contribution in [0.3, 0.4) is 0 Å². The number of piperazine rings is 1. The fourth-order valence-corrected chi connectivity index (χ4v) is 5.32. The van der Waals surface area contributed by atoms with Gasteiger partial charge in [-0.15, -0.1) is 0 Å². The Morgan fingerprint density at radius 2 is 1.67 bits per heavy atom. The molecule has 0 radical (unpaired) electrons. The van der Waals surface area contributed by atoms with E-state index >= 15 is 0 Å². The summed E-state index contributed by atoms with van der Waals surface area (Å²) in [4.78, 5) is 64.4. The van der Waals surface area contributed by atoms with Crippen LogP contribution in [0.5, 0.6) is 5.88 Å². The van der Waals surface area contributed by atoms with Crippen molar-refractivity contribution in [1.82, 2.24) is 25.1 Å². The molecule has 1 unspecified atom stereocenters. The van der Waals surface area contributed by atoms with Crippen LogP contribution in [0.15, 0.2) is 30.3 Å². The molecule has 1 aliphatic heterocycles. The van der Waals surface area contributed by atoms with E-state index in [4.69, 9.17) is 14.2 Å². The molecule has 1 saturated heterocycles. The minimum atomic E-state index is -0.786. The Bertz CT molecular complexity index is 1350. The van der Waals surface area contributed by atoms with Gasteiger partial charge in [-0.3, -0.25) is 9.59 Å². The number of hydrogen-bond donors (Lipinski definition) is 1. The van der Waals surface area contributed by atoms with E-state index in [2.05, 4.69) is 15.3 Å². The van der Waals surface area contributed by atoms with Crippen LogP contribution >= 0.6 is 0 Å². The molecular weight excluding hydrogens is 590 g/mol. The van der Waals surface area contributed by atoms with Crippen LogP contribution in [-0.4, -0.2) is 95.2 Å². The number of unbranched alkanes of at least 4 members (excludes halogenated alkanes) is 1. The second kappa shape index (κ2) is 16.9. The highest BCUT2D eigenvalue weighted by Crippen LogP contribution is 2.26. The normalized spacial score (nSPS) is 15.8. The van der Waals surface area contributed by atoms with E-state index in [9.17, 15) is 19.2 Å². The van der Waals surface area contributed by atoms with Crippen molar-refractivity contribution in [3.8, 4) is 17.3 Å². The van der Waals surface area contributed by atoms with Gasteiger partial charge < -0.3 is 29.3 Å². The number of esters is 1. The van der Waals surface area contributed by atoms with Gasteiger partial charge in [-0.1, -0.05) is 46.2 Å². The average molecular weight is 638 g/mol. The van der Waals surface area contributed by atoms with Crippen LogP contribution in [0.2, 0.25) is 0 Å². The first kappa shape index (κ1) is 34.6. The average Bonchev–Trinajstić information content (AvgIpc) is 3.58. The molecule has 1 aromatic carbocycles. The molecule has 0 spiro atoms. The van der Waals surface area contributed by atoms with Gasteiger partial charge in [0, 0.05) is 37.8 Å². The second-order valence-electron chi connectivity index (χ2n) is 12.2. The molecule has 2 aromatic rings. The number of ether oxygens (including phenoxy) is 3. The summed E-state index contributed by atoms with van der Waals surface area (Å²) in [6, 6.07) is 7.49. The molecular formula is C34H47N5O7. The molecule has 4 rings (SSSR count). The number of aromatic nitrogens is 2. The first-order valence-electron chi connectivity index (χ1n) is 16.5. The lowest BCUT2D eigenvalue weighted by molar-refractivity contribution is -0.135. The van der Waals surface area contributed by atoms with Crippen molar-refractivity contribution in [2.45, 2.75) is 84.8 Å². The minimum Gasteiger partial charge on any atom is -0.474 e. The van der Waals surface area contributed by atoms with Crippen LogP contribution in [0.4, 0.5) is 4.79 Å². The van der Waals surface area contributed by atoms with Gasteiger partial charge >= 0.3 is 12.1 Å². The number of nitrogens with one attached hydrogen (secondary N) is 1. The number of nitrogens with zero attached hydrogens (tertiary/aromatic N) is 4. The fraction of sp³-hybridized carbons (Fsp3) is 0.588. The summed E-state index contributed by atoms with van der Waals surface area (Å²) in [6.07, 6.45) is 5.59. The third-order valence-electron chi connectivity index (χ3n) is 8.01. The molecule has 12 heteroatoms. The zero-order chi connectivity index (χ0) is 33.1. The Balaban J connectivity index is 1.48. The highest BCUT2D eigenvalue weighted by atomic mass is 16.6. The third-order valence-corrected chi connectivity index (χ3v) is 8.01. The monoisotopic (exact) mass is 637 g/mol. The summed E-state index contributed by atoms with van der Waals surface area (Å²) >= 11 is 0. The molecule has 250 valence electrons. The number of hydrogen-bond acceptors (Lipinski definition) is 9. The van der Waals surface area contributed by atoms with Crippen LogP contribution in [0.25, 0.3) is 11.4 Å². The molecule has 2 fully saturated rings. The van der Waals surface area contributed by atoms with Crippen molar-refractivity contribution < 1.29 is 33.4 Å². The zero-order valence-electron chi connectivity index (χ0n) is 27.5. The van der Waals surface area contributed by atoms with Crippen LogP contribution < -0.4 is 10.1 Å². The van der Waals surface area contributed by atoms with Gasteiger partial charge in [0.1, 0.15) is 17.8 Å². The maximum absolute atomic E-state index is 13.6. The topological polar surface area (TPSA) is 140 Å². The van der Waals surface area contributed by atoms with E-state index in [1.54, 1.807) is 34.1 Å². The smallest absolute Gasteiger partial charge is 0.409 e. The quantitative estimate of drug-likeness (QED) is 0.241. The highest BCUT2D eigenvalue weighted by molar-refractivity contribution is 5.97. The summed E-state index contributed by atoms with van der Waals surface area (Å²) in [5, 5.41) is 2.85. The maximum atomic E-state index is 13.6. The van der Waals surface area contributed by atoms with Crippen molar-refractivity contribution in [2.24, 2.45) is 5.92 Å². The van der Waals surface area contributed by atoms with E-state index in [-0.39, 0.29) is 41.4 Å². The number of carbonyl (C=O) groups is 4. The third kappa shape index (κ3) is 9.64. The Morgan fingerprint density at radius 3 is 2.35 bits per heavy atom. The zero-order valence-corrected chi connectivity index (χ0v) is 27.5. The Labute approximate surface area is 271 Å². The summed E-state index contributed by atoms with van der Waals surface area (Å²) < 4.78 is 16.9. The Hall–Kier alpha value is -4.22. The molecule has 3 amide bonds. The second-order valence-corrected chi connectivity index (χ2v) is 12.2. The van der Waals surface area contributed by atoms with Gasteiger partial charge in [0.25, 0.3) is 5.91 Å². The first-order chi connectivity index (χ1) is 22.2. The van der Waals surface area contributed by atoms with E-state index in [0.29, 0.717) is 56.9 Å². The van der Waals surface area contributed by atoms with Crippen molar-refractivity contribution in [1.29, 1.82) is 0 Å². The lowest BCUT2D eigenvalue weighted by Crippen LogP contribution is -2.55. The molecule has 1 saturated carbocycles. The molecule has 0 bridgehead atoms. The molecule has 2 aliphatic rings. The molecule has 1 aliphatic carbocycles. The van der Waals surface area contributed by atoms with E-state index in [0.717, 1.165) is 38.5 Å². The summed E-state index contributed by atoms with van der Waals surface area (Å²) in [7, 11) is 0. The predicted molar refractivity (Wildman–Crippen MR) is 171 cm³/mol. The van der Waals surface area contributed by atoms with E-state index in [1.807, 2.05) is 27.7 Å². The largest absolute Gasteiger partial charge is 0.474 e. The Morgan fingerprint density at radius 1 is 0.957 bits per heavy atom. The van der Waals surface area contributed by atoms with Gasteiger partial charge in [-0.2, -0.15) is 4.98 Å². The predicted octanol–water partition coefficient (Wildman–Crippen LogP) is 4.87. The van der Waals surface area contributed by atoms with E-state index < -0.39 is 17.9 Å². The molecule has 12 nitrogen and oxygen atoms in total. The molecule has 2 heterocycles. The van der Waals surface area contributed by atoms with Crippen molar-refractivity contribution in [3.63, 3.8) is 0 Å². The van der Waals surface area contributed by atoms with Gasteiger partial charge in [0.15, 0.2) is 5.82 Å². The van der Waals surface area contributed by atoms with E-state index in [1.165, 1.54) is 6.07 Å². The van der Waals surface area contributed by atoms with Crippen molar-refractivity contribution in [2.75, 3.05) is 39.4 Å². The highest BCUT2D eigenvalue weighted by Gasteiger charge is 2.30. The molecule has 1 N–H and O–H groups in total. The number of carbonyl (C=O) groups excluding carboxylic acids is 4. The molecule has 46 heavy (non-hydrogen) atoms. The van der Waals surface area contributed by atoms with Gasteiger partial charge in [0.05, 0.1) is 18.8 Å². The Kier molecular flexibility index (Phi) is 12.7. The van der Waals surface area contributed by atoms with Crippen molar-refractivity contribution in [3.05, 3.63) is 41.6 Å². The van der Waals surface area contributed by atoms with Gasteiger partial charge in [-0.05, 0) is 56.6 Å². The van der Waals surface area contributed by atoms with Crippen molar-refractivity contribution >= 4 is 23.9 Å². The van der Waals surface area contributed by atoms with Gasteiger partial charge in [-0.25, -0.2) is 14.6 Å². The summed E-state index contributed by atoms with van der Waals surface area (Å²) in [5.74, 6) is -0.477. The summed E-state index contributed by atoms with van der Waals surface area (Å²) in [5.41, 5.74) is 0.942. The minimum absolute atomic E-state index is 0.00942. The number of rotatable bonds is 13. The number of amides is 3. The molecule has 1 aromatic heterocycles. The lowest BCUT2D eigenvalue weighted by Gasteiger charge is -2.36. The fourth-order valence-electron chi connectivity index (χ4n) is 5.32. The summed E-state index contributed by atoms with van der Waals surface area (Å²) in [6.45, 7) is 9.87. The standard InChI is InChI=1S/C34H47N5O7/c1-5-7-19-44-33(42)25-12-10-11-24(20-25)30-35-28(21-29(37-30)46-26-13-8-9-14-26)31(40)36-27(6-2)32(41)38-15-17-39(18-16-38)34(43)45-22-23(3)4/h10-12,20-21,23,26-27H,5-9,13-19,22H2,1-4H3,(H,36,40). The number of benzene rings is 1. The van der Waals surface area contributed by atoms with Crippen LogP contribution in [0.1, 0.15) is 93.5 Å². The van der Waals surface area contributed by atoms with Crippen LogP contribution in [0, 0.1) is 5.92 Å². The maximum Gasteiger partial charge on any atom is 0.409 e.